The van der Waals surface area contributed by atoms with Crippen molar-refractivity contribution in [3.05, 3.63) is 42.7 Å². The molecule has 8 heteroatoms. The lowest BCUT2D eigenvalue weighted by Crippen LogP contribution is -2.49. The Morgan fingerprint density at radius 2 is 1.85 bits per heavy atom. The van der Waals surface area contributed by atoms with E-state index in [9.17, 15) is 13.2 Å². The van der Waals surface area contributed by atoms with Crippen LogP contribution in [0, 0.1) is 0 Å². The number of sulfone groups is 1. The van der Waals surface area contributed by atoms with Crippen molar-refractivity contribution in [3.8, 4) is 11.3 Å². The molecule has 0 bridgehead atoms. The van der Waals surface area contributed by atoms with E-state index in [1.807, 2.05) is 30.3 Å². The number of amides is 1. The molecule has 138 valence electrons. The zero-order valence-electron chi connectivity index (χ0n) is 14.7. The van der Waals surface area contributed by atoms with Crippen LogP contribution in [0.2, 0.25) is 0 Å². The summed E-state index contributed by atoms with van der Waals surface area (Å²) in [6, 6.07) is 9.71. The molecule has 0 radical (unpaired) electrons. The van der Waals surface area contributed by atoms with E-state index < -0.39 is 9.84 Å². The van der Waals surface area contributed by atoms with Crippen LogP contribution in [0.5, 0.6) is 0 Å². The van der Waals surface area contributed by atoms with Crippen molar-refractivity contribution in [2.75, 3.05) is 43.1 Å². The molecule has 0 spiro atoms. The predicted octanol–water partition coefficient (Wildman–Crippen LogP) is 1.23. The Balaban J connectivity index is 1.61. The molecular formula is C18H22N4O3S. The smallest absolute Gasteiger partial charge is 0.223 e. The summed E-state index contributed by atoms with van der Waals surface area (Å²) in [5, 5.41) is 0. The molecule has 1 saturated heterocycles. The fourth-order valence-electron chi connectivity index (χ4n) is 2.90. The number of rotatable bonds is 5. The zero-order valence-corrected chi connectivity index (χ0v) is 15.5. The topological polar surface area (TPSA) is 83.5 Å². The van der Waals surface area contributed by atoms with E-state index in [1.165, 1.54) is 0 Å². The Morgan fingerprint density at radius 3 is 2.50 bits per heavy atom. The molecule has 1 aliphatic heterocycles. The number of piperazine rings is 1. The van der Waals surface area contributed by atoms with Crippen LogP contribution in [0.15, 0.2) is 42.7 Å². The lowest BCUT2D eigenvalue weighted by atomic mass is 10.1. The second-order valence-corrected chi connectivity index (χ2v) is 8.63. The average molecular weight is 374 g/mol. The number of nitrogens with zero attached hydrogens (tertiary/aromatic N) is 4. The van der Waals surface area contributed by atoms with Crippen LogP contribution in [0.4, 0.5) is 5.82 Å². The molecule has 0 N–H and O–H groups in total. The molecule has 3 rings (SSSR count). The standard InChI is InChI=1S/C18H22N4O3S/c1-26(24,25)13-6-18(23)22-11-9-21(10-12-22)17-14-15(5-8-20-17)16-4-2-3-7-19-16/h2-5,7-8,14H,6,9-13H2,1H3. The molecule has 0 aliphatic carbocycles. The van der Waals surface area contributed by atoms with Gasteiger partial charge in [-0.25, -0.2) is 13.4 Å². The van der Waals surface area contributed by atoms with E-state index in [1.54, 1.807) is 17.3 Å². The maximum Gasteiger partial charge on any atom is 0.223 e. The minimum absolute atomic E-state index is 0.0479. The predicted molar refractivity (Wildman–Crippen MR) is 101 cm³/mol. The van der Waals surface area contributed by atoms with Gasteiger partial charge in [0, 0.05) is 56.8 Å². The first kappa shape index (κ1) is 18.3. The lowest BCUT2D eigenvalue weighted by Gasteiger charge is -2.35. The summed E-state index contributed by atoms with van der Waals surface area (Å²) in [5.74, 6) is 0.654. The van der Waals surface area contributed by atoms with Crippen molar-refractivity contribution in [3.63, 3.8) is 0 Å². The Labute approximate surface area is 153 Å². The second-order valence-electron chi connectivity index (χ2n) is 6.37. The van der Waals surface area contributed by atoms with Gasteiger partial charge in [0.15, 0.2) is 0 Å². The molecule has 0 unspecified atom stereocenters. The van der Waals surface area contributed by atoms with Gasteiger partial charge in [-0.1, -0.05) is 6.07 Å². The Kier molecular flexibility index (Phi) is 5.51. The van der Waals surface area contributed by atoms with Gasteiger partial charge in [0.05, 0.1) is 11.4 Å². The van der Waals surface area contributed by atoms with Gasteiger partial charge in [-0.3, -0.25) is 9.78 Å². The minimum atomic E-state index is -3.12. The highest BCUT2D eigenvalue weighted by atomic mass is 32.2. The van der Waals surface area contributed by atoms with Crippen molar-refractivity contribution in [2.45, 2.75) is 6.42 Å². The van der Waals surface area contributed by atoms with Gasteiger partial charge < -0.3 is 9.80 Å². The highest BCUT2D eigenvalue weighted by Gasteiger charge is 2.22. The number of hydrogen-bond donors (Lipinski definition) is 0. The summed E-state index contributed by atoms with van der Waals surface area (Å²) < 4.78 is 22.4. The molecule has 1 amide bonds. The first-order chi connectivity index (χ1) is 12.4. The summed E-state index contributed by atoms with van der Waals surface area (Å²) in [6.45, 7) is 2.47. The molecule has 2 aromatic heterocycles. The maximum atomic E-state index is 12.1. The number of anilines is 1. The van der Waals surface area contributed by atoms with E-state index in [4.69, 9.17) is 0 Å². The third-order valence-corrected chi connectivity index (χ3v) is 5.29. The quantitative estimate of drug-likeness (QED) is 0.783. The van der Waals surface area contributed by atoms with Crippen LogP contribution in [-0.2, 0) is 14.6 Å². The third kappa shape index (κ3) is 4.78. The molecule has 2 aromatic rings. The van der Waals surface area contributed by atoms with Gasteiger partial charge in [0.25, 0.3) is 0 Å². The van der Waals surface area contributed by atoms with E-state index in [-0.39, 0.29) is 18.1 Å². The summed E-state index contributed by atoms with van der Waals surface area (Å²) in [7, 11) is -3.12. The number of carbonyl (C=O) groups excluding carboxylic acids is 1. The minimum Gasteiger partial charge on any atom is -0.353 e. The SMILES string of the molecule is CS(=O)(=O)CCC(=O)N1CCN(c2cc(-c3ccccn3)ccn2)CC1. The first-order valence-corrected chi connectivity index (χ1v) is 10.6. The zero-order chi connectivity index (χ0) is 18.6. The van der Waals surface area contributed by atoms with Crippen molar-refractivity contribution < 1.29 is 13.2 Å². The molecule has 26 heavy (non-hydrogen) atoms. The summed E-state index contributed by atoms with van der Waals surface area (Å²) in [6.07, 6.45) is 4.73. The summed E-state index contributed by atoms with van der Waals surface area (Å²) in [5.41, 5.74) is 1.90. The molecule has 1 aliphatic rings. The Morgan fingerprint density at radius 1 is 1.08 bits per heavy atom. The van der Waals surface area contributed by atoms with Crippen LogP contribution < -0.4 is 4.90 Å². The summed E-state index contributed by atoms with van der Waals surface area (Å²) >= 11 is 0. The van der Waals surface area contributed by atoms with Crippen LogP contribution in [0.3, 0.4) is 0 Å². The second kappa shape index (κ2) is 7.82. The Bertz CT molecular complexity index is 863. The molecule has 3 heterocycles. The maximum absolute atomic E-state index is 12.1. The van der Waals surface area contributed by atoms with Gasteiger partial charge in [-0.2, -0.15) is 0 Å². The van der Waals surface area contributed by atoms with Gasteiger partial charge >= 0.3 is 0 Å². The van der Waals surface area contributed by atoms with Crippen LogP contribution in [0.25, 0.3) is 11.3 Å². The monoisotopic (exact) mass is 374 g/mol. The highest BCUT2D eigenvalue weighted by molar-refractivity contribution is 7.90. The van der Waals surface area contributed by atoms with Gasteiger partial charge in [0.1, 0.15) is 15.7 Å². The number of carbonyl (C=O) groups is 1. The molecule has 0 saturated carbocycles. The average Bonchev–Trinajstić information content (AvgIpc) is 2.66. The van der Waals surface area contributed by atoms with Gasteiger partial charge in [-0.05, 0) is 24.3 Å². The fourth-order valence-corrected chi connectivity index (χ4v) is 3.45. The first-order valence-electron chi connectivity index (χ1n) is 8.50. The molecule has 0 aromatic carbocycles. The van der Waals surface area contributed by atoms with E-state index in [0.29, 0.717) is 26.2 Å². The number of pyridine rings is 2. The van der Waals surface area contributed by atoms with Gasteiger partial charge in [0.2, 0.25) is 5.91 Å². The Hall–Kier alpha value is -2.48. The fraction of sp³-hybridized carbons (Fsp3) is 0.389. The molecule has 0 atom stereocenters. The van der Waals surface area contributed by atoms with E-state index in [0.717, 1.165) is 23.3 Å². The largest absolute Gasteiger partial charge is 0.353 e. The number of aromatic nitrogens is 2. The van der Waals surface area contributed by atoms with Gasteiger partial charge in [-0.15, -0.1) is 0 Å². The normalized spacial score (nSPS) is 15.1. The lowest BCUT2D eigenvalue weighted by molar-refractivity contribution is -0.131. The van der Waals surface area contributed by atoms with Crippen LogP contribution >= 0.6 is 0 Å². The molecule has 7 nitrogen and oxygen atoms in total. The number of hydrogen-bond acceptors (Lipinski definition) is 6. The van der Waals surface area contributed by atoms with Crippen LogP contribution in [-0.4, -0.2) is 67.4 Å². The van der Waals surface area contributed by atoms with Crippen molar-refractivity contribution in [1.29, 1.82) is 0 Å². The third-order valence-electron chi connectivity index (χ3n) is 4.35. The van der Waals surface area contributed by atoms with Crippen molar-refractivity contribution in [1.82, 2.24) is 14.9 Å². The molecular weight excluding hydrogens is 352 g/mol. The highest BCUT2D eigenvalue weighted by Crippen LogP contribution is 2.22. The van der Waals surface area contributed by atoms with Crippen molar-refractivity contribution in [2.24, 2.45) is 0 Å². The van der Waals surface area contributed by atoms with E-state index in [2.05, 4.69) is 14.9 Å². The van der Waals surface area contributed by atoms with E-state index >= 15 is 0 Å². The van der Waals surface area contributed by atoms with Crippen LogP contribution in [0.1, 0.15) is 6.42 Å². The summed E-state index contributed by atoms with van der Waals surface area (Å²) in [4.78, 5) is 24.8. The van der Waals surface area contributed by atoms with Crippen molar-refractivity contribution >= 4 is 21.6 Å². The molecule has 1 fully saturated rings.